The quantitative estimate of drug-likeness (QED) is 0.879. The summed E-state index contributed by atoms with van der Waals surface area (Å²) in [6.45, 7) is 4.57. The van der Waals surface area contributed by atoms with E-state index >= 15 is 0 Å². The number of carbonyl (C=O) groups is 1. The second-order valence-corrected chi connectivity index (χ2v) is 5.61. The minimum Gasteiger partial charge on any atom is -0.386 e. The Morgan fingerprint density at radius 2 is 2.11 bits per heavy atom. The standard InChI is InChI=1S/C15H23N3O/c1-10-4-5-12(8-11(10)2)18-15(19)13-6-7-17-9-14(13)16-3/h6-7,9-12,16H,4-5,8H2,1-3H3,(H,18,19). The molecule has 1 aliphatic carbocycles. The Morgan fingerprint density at radius 3 is 2.79 bits per heavy atom. The predicted octanol–water partition coefficient (Wildman–Crippen LogP) is 2.68. The van der Waals surface area contributed by atoms with Crippen molar-refractivity contribution in [1.29, 1.82) is 0 Å². The molecule has 0 aromatic carbocycles. The number of pyridine rings is 1. The van der Waals surface area contributed by atoms with Gasteiger partial charge in [0.2, 0.25) is 0 Å². The maximum atomic E-state index is 12.3. The van der Waals surface area contributed by atoms with Crippen LogP contribution in [0.4, 0.5) is 5.69 Å². The molecule has 3 atom stereocenters. The lowest BCUT2D eigenvalue weighted by molar-refractivity contribution is 0.0911. The van der Waals surface area contributed by atoms with Crippen LogP contribution in [0.1, 0.15) is 43.5 Å². The molecule has 0 spiro atoms. The van der Waals surface area contributed by atoms with E-state index in [0.717, 1.165) is 24.4 Å². The van der Waals surface area contributed by atoms with Gasteiger partial charge >= 0.3 is 0 Å². The third kappa shape index (κ3) is 3.25. The second kappa shape index (κ2) is 6.04. The Kier molecular flexibility index (Phi) is 4.40. The van der Waals surface area contributed by atoms with Gasteiger partial charge in [-0.05, 0) is 37.2 Å². The zero-order chi connectivity index (χ0) is 13.8. The van der Waals surface area contributed by atoms with Gasteiger partial charge in [0.1, 0.15) is 0 Å². The smallest absolute Gasteiger partial charge is 0.253 e. The first-order valence-corrected chi connectivity index (χ1v) is 7.04. The summed E-state index contributed by atoms with van der Waals surface area (Å²) in [7, 11) is 1.80. The largest absolute Gasteiger partial charge is 0.386 e. The van der Waals surface area contributed by atoms with Gasteiger partial charge in [-0.1, -0.05) is 13.8 Å². The van der Waals surface area contributed by atoms with Crippen molar-refractivity contribution in [2.45, 2.75) is 39.2 Å². The van der Waals surface area contributed by atoms with E-state index in [1.807, 2.05) is 0 Å². The molecule has 0 aliphatic heterocycles. The first-order chi connectivity index (χ1) is 9.11. The molecule has 1 saturated carbocycles. The Hall–Kier alpha value is -1.58. The van der Waals surface area contributed by atoms with E-state index in [1.54, 1.807) is 25.5 Å². The summed E-state index contributed by atoms with van der Waals surface area (Å²) in [4.78, 5) is 16.3. The first-order valence-electron chi connectivity index (χ1n) is 7.04. The van der Waals surface area contributed by atoms with Gasteiger partial charge in [0.15, 0.2) is 0 Å². The molecule has 1 aliphatic rings. The lowest BCUT2D eigenvalue weighted by atomic mass is 9.79. The summed E-state index contributed by atoms with van der Waals surface area (Å²) < 4.78 is 0. The molecule has 1 heterocycles. The molecule has 4 nitrogen and oxygen atoms in total. The van der Waals surface area contributed by atoms with E-state index in [4.69, 9.17) is 0 Å². The van der Waals surface area contributed by atoms with Gasteiger partial charge < -0.3 is 10.6 Å². The van der Waals surface area contributed by atoms with Crippen LogP contribution in [0.5, 0.6) is 0 Å². The molecule has 0 saturated heterocycles. The molecule has 1 aromatic rings. The fourth-order valence-corrected chi connectivity index (χ4v) is 2.73. The van der Waals surface area contributed by atoms with E-state index in [9.17, 15) is 4.79 Å². The minimum atomic E-state index is -0.00139. The van der Waals surface area contributed by atoms with Gasteiger partial charge in [-0.3, -0.25) is 9.78 Å². The number of nitrogens with zero attached hydrogens (tertiary/aromatic N) is 1. The minimum absolute atomic E-state index is 0.00139. The molecule has 2 N–H and O–H groups in total. The van der Waals surface area contributed by atoms with E-state index in [0.29, 0.717) is 17.5 Å². The van der Waals surface area contributed by atoms with Crippen molar-refractivity contribution in [3.05, 3.63) is 24.0 Å². The van der Waals surface area contributed by atoms with Crippen LogP contribution in [-0.4, -0.2) is 24.0 Å². The molecular weight excluding hydrogens is 238 g/mol. The topological polar surface area (TPSA) is 54.0 Å². The molecule has 2 rings (SSSR count). The van der Waals surface area contributed by atoms with Crippen LogP contribution in [-0.2, 0) is 0 Å². The van der Waals surface area contributed by atoms with Crippen molar-refractivity contribution in [1.82, 2.24) is 10.3 Å². The number of carbonyl (C=O) groups excluding carboxylic acids is 1. The monoisotopic (exact) mass is 261 g/mol. The maximum Gasteiger partial charge on any atom is 0.253 e. The molecule has 1 amide bonds. The highest BCUT2D eigenvalue weighted by Gasteiger charge is 2.26. The van der Waals surface area contributed by atoms with Crippen LogP contribution in [0.3, 0.4) is 0 Å². The van der Waals surface area contributed by atoms with Crippen LogP contribution in [0.15, 0.2) is 18.5 Å². The first kappa shape index (κ1) is 13.8. The molecule has 3 unspecified atom stereocenters. The van der Waals surface area contributed by atoms with E-state index in [-0.39, 0.29) is 5.91 Å². The molecule has 104 valence electrons. The summed E-state index contributed by atoms with van der Waals surface area (Å²) in [6, 6.07) is 2.06. The number of rotatable bonds is 3. The lowest BCUT2D eigenvalue weighted by Gasteiger charge is -2.32. The summed E-state index contributed by atoms with van der Waals surface area (Å²) in [6.07, 6.45) is 6.69. The Bertz CT molecular complexity index is 447. The van der Waals surface area contributed by atoms with Crippen molar-refractivity contribution >= 4 is 11.6 Å². The Morgan fingerprint density at radius 1 is 1.32 bits per heavy atom. The van der Waals surface area contributed by atoms with Gasteiger partial charge in [0, 0.05) is 19.3 Å². The molecule has 1 aromatic heterocycles. The zero-order valence-corrected chi connectivity index (χ0v) is 11.9. The van der Waals surface area contributed by atoms with Crippen LogP contribution < -0.4 is 10.6 Å². The Balaban J connectivity index is 2.01. The highest BCUT2D eigenvalue weighted by Crippen LogP contribution is 2.29. The normalized spacial score (nSPS) is 26.8. The predicted molar refractivity (Wildman–Crippen MR) is 77.2 cm³/mol. The third-order valence-corrected chi connectivity index (χ3v) is 4.27. The van der Waals surface area contributed by atoms with Crippen LogP contribution >= 0.6 is 0 Å². The molecule has 0 bridgehead atoms. The molecular formula is C15H23N3O. The fourth-order valence-electron chi connectivity index (χ4n) is 2.73. The van der Waals surface area contributed by atoms with Gasteiger partial charge in [-0.2, -0.15) is 0 Å². The summed E-state index contributed by atoms with van der Waals surface area (Å²) in [5.41, 5.74) is 1.45. The van der Waals surface area contributed by atoms with Crippen molar-refractivity contribution in [2.24, 2.45) is 11.8 Å². The van der Waals surface area contributed by atoms with Crippen LogP contribution in [0.25, 0.3) is 0 Å². The summed E-state index contributed by atoms with van der Waals surface area (Å²) in [5, 5.41) is 6.16. The SMILES string of the molecule is CNc1cnccc1C(=O)NC1CCC(C)C(C)C1. The van der Waals surface area contributed by atoms with Crippen molar-refractivity contribution in [2.75, 3.05) is 12.4 Å². The van der Waals surface area contributed by atoms with E-state index in [1.165, 1.54) is 6.42 Å². The number of amides is 1. The number of aromatic nitrogens is 1. The fraction of sp³-hybridized carbons (Fsp3) is 0.600. The molecule has 0 radical (unpaired) electrons. The lowest BCUT2D eigenvalue weighted by Crippen LogP contribution is -2.40. The Labute approximate surface area is 115 Å². The van der Waals surface area contributed by atoms with Gasteiger partial charge in [-0.15, -0.1) is 0 Å². The molecule has 19 heavy (non-hydrogen) atoms. The van der Waals surface area contributed by atoms with Gasteiger partial charge in [0.25, 0.3) is 5.91 Å². The average molecular weight is 261 g/mol. The number of hydrogen-bond acceptors (Lipinski definition) is 3. The van der Waals surface area contributed by atoms with Crippen molar-refractivity contribution in [3.63, 3.8) is 0 Å². The molecule has 4 heteroatoms. The summed E-state index contributed by atoms with van der Waals surface area (Å²) in [5.74, 6) is 1.45. The summed E-state index contributed by atoms with van der Waals surface area (Å²) >= 11 is 0. The maximum absolute atomic E-state index is 12.3. The number of hydrogen-bond donors (Lipinski definition) is 2. The number of anilines is 1. The van der Waals surface area contributed by atoms with Crippen LogP contribution in [0.2, 0.25) is 0 Å². The van der Waals surface area contributed by atoms with E-state index in [2.05, 4.69) is 29.5 Å². The number of nitrogens with one attached hydrogen (secondary N) is 2. The van der Waals surface area contributed by atoms with Crippen molar-refractivity contribution in [3.8, 4) is 0 Å². The molecule has 1 fully saturated rings. The highest BCUT2D eigenvalue weighted by atomic mass is 16.1. The van der Waals surface area contributed by atoms with Gasteiger partial charge in [-0.25, -0.2) is 0 Å². The van der Waals surface area contributed by atoms with Gasteiger partial charge in [0.05, 0.1) is 17.4 Å². The van der Waals surface area contributed by atoms with E-state index < -0.39 is 0 Å². The third-order valence-electron chi connectivity index (χ3n) is 4.27. The zero-order valence-electron chi connectivity index (χ0n) is 11.9. The highest BCUT2D eigenvalue weighted by molar-refractivity contribution is 5.99. The van der Waals surface area contributed by atoms with Crippen LogP contribution in [0, 0.1) is 11.8 Å². The second-order valence-electron chi connectivity index (χ2n) is 5.61. The van der Waals surface area contributed by atoms with Crippen molar-refractivity contribution < 1.29 is 4.79 Å². The average Bonchev–Trinajstić information content (AvgIpc) is 2.43.